The van der Waals surface area contributed by atoms with E-state index in [1.54, 1.807) is 6.26 Å². The van der Waals surface area contributed by atoms with E-state index < -0.39 is 0 Å². The number of rotatable bonds is 6. The zero-order valence-corrected chi connectivity index (χ0v) is 15.3. The second kappa shape index (κ2) is 10.9. The molecule has 1 fully saturated rings. The lowest BCUT2D eigenvalue weighted by atomic mass is 9.96. The Hall–Kier alpha value is -0.720. The Morgan fingerprint density at radius 3 is 2.81 bits per heavy atom. The summed E-state index contributed by atoms with van der Waals surface area (Å²) in [6, 6.07) is 4.54. The van der Waals surface area contributed by atoms with Crippen molar-refractivity contribution in [3.8, 4) is 0 Å². The summed E-state index contributed by atoms with van der Waals surface area (Å²) in [7, 11) is 0. The number of hydrogen-bond donors (Lipinski definition) is 2. The van der Waals surface area contributed by atoms with Crippen LogP contribution in [0.4, 0.5) is 0 Å². The third kappa shape index (κ3) is 7.20. The van der Waals surface area contributed by atoms with Crippen LogP contribution in [-0.2, 0) is 6.42 Å². The lowest BCUT2D eigenvalue weighted by Gasteiger charge is -2.25. The Morgan fingerprint density at radius 2 is 2.14 bits per heavy atom. The first-order valence-electron chi connectivity index (χ1n) is 7.95. The molecule has 4 nitrogen and oxygen atoms in total. The van der Waals surface area contributed by atoms with Gasteiger partial charge in [-0.1, -0.05) is 26.2 Å². The van der Waals surface area contributed by atoms with Crippen molar-refractivity contribution in [1.29, 1.82) is 0 Å². The zero-order valence-electron chi connectivity index (χ0n) is 12.9. The predicted molar refractivity (Wildman–Crippen MR) is 98.4 cm³/mol. The Balaban J connectivity index is 0.00000220. The Kier molecular flexibility index (Phi) is 9.54. The summed E-state index contributed by atoms with van der Waals surface area (Å²) in [4.78, 5) is 4.62. The first-order chi connectivity index (χ1) is 9.88. The Bertz CT molecular complexity index is 386. The van der Waals surface area contributed by atoms with Gasteiger partial charge in [0, 0.05) is 25.6 Å². The van der Waals surface area contributed by atoms with Gasteiger partial charge in [0.15, 0.2) is 5.96 Å². The van der Waals surface area contributed by atoms with Gasteiger partial charge in [-0.3, -0.25) is 4.99 Å². The molecule has 1 heterocycles. The molecule has 0 unspecified atom stereocenters. The van der Waals surface area contributed by atoms with Crippen LogP contribution >= 0.6 is 24.0 Å². The fourth-order valence-corrected chi connectivity index (χ4v) is 2.58. The van der Waals surface area contributed by atoms with E-state index in [0.29, 0.717) is 6.04 Å². The third-order valence-corrected chi connectivity index (χ3v) is 3.68. The highest BCUT2D eigenvalue weighted by atomic mass is 127. The van der Waals surface area contributed by atoms with Gasteiger partial charge >= 0.3 is 0 Å². The summed E-state index contributed by atoms with van der Waals surface area (Å²) in [5.74, 6) is 1.98. The van der Waals surface area contributed by atoms with Crippen LogP contribution in [0.15, 0.2) is 27.8 Å². The SMILES string of the molecule is CCCN=C(NCCc1ccco1)NC1CCCCC1.I. The molecule has 1 aliphatic carbocycles. The number of nitrogens with zero attached hydrogens (tertiary/aromatic N) is 1. The molecule has 2 rings (SSSR count). The minimum atomic E-state index is 0. The van der Waals surface area contributed by atoms with Crippen molar-refractivity contribution in [2.24, 2.45) is 4.99 Å². The van der Waals surface area contributed by atoms with Crippen molar-refractivity contribution in [2.75, 3.05) is 13.1 Å². The predicted octanol–water partition coefficient (Wildman–Crippen LogP) is 3.72. The van der Waals surface area contributed by atoms with Crippen LogP contribution in [0.25, 0.3) is 0 Å². The molecule has 0 spiro atoms. The minimum Gasteiger partial charge on any atom is -0.469 e. The molecular weight excluding hydrogens is 377 g/mol. The minimum absolute atomic E-state index is 0. The molecule has 2 N–H and O–H groups in total. The van der Waals surface area contributed by atoms with Crippen molar-refractivity contribution < 1.29 is 4.42 Å². The highest BCUT2D eigenvalue weighted by Crippen LogP contribution is 2.17. The smallest absolute Gasteiger partial charge is 0.191 e. The lowest BCUT2D eigenvalue weighted by molar-refractivity contribution is 0.409. The maximum Gasteiger partial charge on any atom is 0.191 e. The van der Waals surface area contributed by atoms with Gasteiger partial charge in [-0.25, -0.2) is 0 Å². The van der Waals surface area contributed by atoms with Gasteiger partial charge in [0.2, 0.25) is 0 Å². The van der Waals surface area contributed by atoms with Crippen LogP contribution in [0.5, 0.6) is 0 Å². The molecule has 1 aromatic heterocycles. The van der Waals surface area contributed by atoms with Gasteiger partial charge in [-0.05, 0) is 31.4 Å². The average Bonchev–Trinajstić information content (AvgIpc) is 2.99. The van der Waals surface area contributed by atoms with E-state index in [0.717, 1.165) is 37.7 Å². The van der Waals surface area contributed by atoms with Crippen molar-refractivity contribution in [1.82, 2.24) is 10.6 Å². The highest BCUT2D eigenvalue weighted by molar-refractivity contribution is 14.0. The molecule has 0 radical (unpaired) electrons. The second-order valence-electron chi connectivity index (χ2n) is 5.47. The fourth-order valence-electron chi connectivity index (χ4n) is 2.58. The monoisotopic (exact) mass is 405 g/mol. The molecule has 0 bridgehead atoms. The quantitative estimate of drug-likeness (QED) is 0.431. The number of halogens is 1. The fraction of sp³-hybridized carbons (Fsp3) is 0.688. The normalized spacial score (nSPS) is 16.3. The van der Waals surface area contributed by atoms with E-state index in [4.69, 9.17) is 4.42 Å². The number of aliphatic imine (C=N–C) groups is 1. The Labute approximate surface area is 145 Å². The molecular formula is C16H28IN3O. The van der Waals surface area contributed by atoms with Crippen LogP contribution < -0.4 is 10.6 Å². The Morgan fingerprint density at radius 1 is 1.33 bits per heavy atom. The average molecular weight is 405 g/mol. The van der Waals surface area contributed by atoms with Crippen LogP contribution in [0.1, 0.15) is 51.2 Å². The van der Waals surface area contributed by atoms with Crippen LogP contribution in [0.3, 0.4) is 0 Å². The van der Waals surface area contributed by atoms with Crippen molar-refractivity contribution in [2.45, 2.75) is 57.9 Å². The van der Waals surface area contributed by atoms with Crippen molar-refractivity contribution in [3.63, 3.8) is 0 Å². The highest BCUT2D eigenvalue weighted by Gasteiger charge is 2.14. The summed E-state index contributed by atoms with van der Waals surface area (Å²) in [5, 5.41) is 7.00. The van der Waals surface area contributed by atoms with E-state index in [1.807, 2.05) is 12.1 Å². The van der Waals surface area contributed by atoms with E-state index >= 15 is 0 Å². The van der Waals surface area contributed by atoms with E-state index in [1.165, 1.54) is 32.1 Å². The molecule has 0 aliphatic heterocycles. The van der Waals surface area contributed by atoms with E-state index in [9.17, 15) is 0 Å². The van der Waals surface area contributed by atoms with Crippen LogP contribution in [0.2, 0.25) is 0 Å². The van der Waals surface area contributed by atoms with Gasteiger partial charge < -0.3 is 15.1 Å². The van der Waals surface area contributed by atoms with Gasteiger partial charge in [0.05, 0.1) is 6.26 Å². The van der Waals surface area contributed by atoms with Gasteiger partial charge in [0.1, 0.15) is 5.76 Å². The topological polar surface area (TPSA) is 49.6 Å². The largest absolute Gasteiger partial charge is 0.469 e. The summed E-state index contributed by atoms with van der Waals surface area (Å²) in [6.45, 7) is 3.89. The molecule has 120 valence electrons. The van der Waals surface area contributed by atoms with Crippen molar-refractivity contribution in [3.05, 3.63) is 24.2 Å². The summed E-state index contributed by atoms with van der Waals surface area (Å²) in [5.41, 5.74) is 0. The maximum atomic E-state index is 5.35. The second-order valence-corrected chi connectivity index (χ2v) is 5.47. The number of nitrogens with one attached hydrogen (secondary N) is 2. The molecule has 0 saturated heterocycles. The molecule has 5 heteroatoms. The lowest BCUT2D eigenvalue weighted by Crippen LogP contribution is -2.45. The zero-order chi connectivity index (χ0) is 14.0. The first-order valence-corrected chi connectivity index (χ1v) is 7.95. The van der Waals surface area contributed by atoms with Gasteiger partial charge in [-0.2, -0.15) is 0 Å². The van der Waals surface area contributed by atoms with Crippen LogP contribution in [-0.4, -0.2) is 25.1 Å². The summed E-state index contributed by atoms with van der Waals surface area (Å²) >= 11 is 0. The van der Waals surface area contributed by atoms with E-state index in [-0.39, 0.29) is 24.0 Å². The van der Waals surface area contributed by atoms with Crippen molar-refractivity contribution >= 4 is 29.9 Å². The van der Waals surface area contributed by atoms with Crippen LogP contribution in [0, 0.1) is 0 Å². The molecule has 1 saturated carbocycles. The van der Waals surface area contributed by atoms with E-state index in [2.05, 4.69) is 22.5 Å². The number of hydrogen-bond acceptors (Lipinski definition) is 2. The molecule has 21 heavy (non-hydrogen) atoms. The molecule has 1 aliphatic rings. The third-order valence-electron chi connectivity index (χ3n) is 3.68. The molecule has 1 aromatic rings. The molecule has 0 atom stereocenters. The molecule has 0 aromatic carbocycles. The summed E-state index contributed by atoms with van der Waals surface area (Å²) < 4.78 is 5.35. The number of furan rings is 1. The number of guanidine groups is 1. The van der Waals surface area contributed by atoms with Gasteiger partial charge in [-0.15, -0.1) is 24.0 Å². The molecule has 0 amide bonds. The standard InChI is InChI=1S/C16H27N3O.HI/c1-2-11-17-16(19-14-7-4-3-5-8-14)18-12-10-15-9-6-13-20-15;/h6,9,13-14H,2-5,7-8,10-12H2,1H3,(H2,17,18,19);1H. The first kappa shape index (κ1) is 18.3. The maximum absolute atomic E-state index is 5.35. The summed E-state index contributed by atoms with van der Waals surface area (Å²) in [6.07, 6.45) is 10.3. The van der Waals surface area contributed by atoms with Gasteiger partial charge in [0.25, 0.3) is 0 Å².